The van der Waals surface area contributed by atoms with Gasteiger partial charge in [0.15, 0.2) is 0 Å². The molecule has 1 fully saturated rings. The molecule has 132 valence electrons. The van der Waals surface area contributed by atoms with Crippen LogP contribution in [0.4, 0.5) is 0 Å². The summed E-state index contributed by atoms with van der Waals surface area (Å²) < 4.78 is 5.47. The molecule has 0 aliphatic carbocycles. The molecule has 2 amide bonds. The Kier molecular flexibility index (Phi) is 6.23. The number of rotatable bonds is 6. The van der Waals surface area contributed by atoms with Crippen molar-refractivity contribution < 1.29 is 14.3 Å². The van der Waals surface area contributed by atoms with Gasteiger partial charge in [0.25, 0.3) is 0 Å². The van der Waals surface area contributed by atoms with Crippen molar-refractivity contribution in [1.29, 1.82) is 0 Å². The summed E-state index contributed by atoms with van der Waals surface area (Å²) in [4.78, 5) is 26.6. The lowest BCUT2D eigenvalue weighted by atomic mass is 9.87. The Hall–Kier alpha value is -2.04. The van der Waals surface area contributed by atoms with Crippen LogP contribution in [-0.2, 0) is 9.59 Å². The van der Waals surface area contributed by atoms with Crippen LogP contribution in [0.25, 0.3) is 0 Å². The molecule has 2 atom stereocenters. The van der Waals surface area contributed by atoms with E-state index in [1.54, 1.807) is 12.0 Å². The lowest BCUT2D eigenvalue weighted by molar-refractivity contribution is -0.130. The van der Waals surface area contributed by atoms with E-state index >= 15 is 0 Å². The lowest BCUT2D eigenvalue weighted by Crippen LogP contribution is -2.37. The third-order valence-corrected chi connectivity index (χ3v) is 4.53. The summed E-state index contributed by atoms with van der Waals surface area (Å²) in [6.45, 7) is 7.67. The fraction of sp³-hybridized carbons (Fsp3) is 0.579. The van der Waals surface area contributed by atoms with Crippen LogP contribution in [0.15, 0.2) is 24.3 Å². The van der Waals surface area contributed by atoms with E-state index in [0.29, 0.717) is 32.0 Å². The summed E-state index contributed by atoms with van der Waals surface area (Å²) in [5.74, 6) is 1.00. The van der Waals surface area contributed by atoms with Gasteiger partial charge in [0.2, 0.25) is 11.8 Å². The van der Waals surface area contributed by atoms with Crippen molar-refractivity contribution in [3.8, 4) is 5.75 Å². The number of nitrogens with zero attached hydrogens (tertiary/aromatic N) is 1. The fourth-order valence-corrected chi connectivity index (χ4v) is 3.22. The number of hydrogen-bond donors (Lipinski definition) is 1. The molecule has 1 saturated heterocycles. The number of ether oxygens (including phenoxy) is 1. The quantitative estimate of drug-likeness (QED) is 0.870. The highest BCUT2D eigenvalue weighted by molar-refractivity contribution is 5.83. The zero-order valence-corrected chi connectivity index (χ0v) is 15.0. The van der Waals surface area contributed by atoms with E-state index in [4.69, 9.17) is 4.74 Å². The summed E-state index contributed by atoms with van der Waals surface area (Å²) >= 11 is 0. The predicted octanol–water partition coefficient (Wildman–Crippen LogP) is 2.42. The summed E-state index contributed by atoms with van der Waals surface area (Å²) in [6.07, 6.45) is 0.457. The van der Waals surface area contributed by atoms with Gasteiger partial charge in [-0.1, -0.05) is 39.0 Å². The van der Waals surface area contributed by atoms with Gasteiger partial charge in [0.1, 0.15) is 5.75 Å². The van der Waals surface area contributed by atoms with Gasteiger partial charge in [-0.15, -0.1) is 0 Å². The first-order chi connectivity index (χ1) is 11.5. The van der Waals surface area contributed by atoms with E-state index in [2.05, 4.69) is 19.2 Å². The third kappa shape index (κ3) is 4.08. The Morgan fingerprint density at radius 3 is 2.62 bits per heavy atom. The predicted molar refractivity (Wildman–Crippen MR) is 93.9 cm³/mol. The van der Waals surface area contributed by atoms with Crippen LogP contribution in [0.2, 0.25) is 0 Å². The first kappa shape index (κ1) is 18.3. The van der Waals surface area contributed by atoms with Crippen molar-refractivity contribution in [3.63, 3.8) is 0 Å². The zero-order valence-electron chi connectivity index (χ0n) is 15.0. The number of carbonyl (C=O) groups excluding carboxylic acids is 2. The standard InChI is InChI=1S/C19H28N2O3/c1-5-18(22)21-11-15(14-8-6-7-9-17(14)24-4)16(12-21)19(23)20-10-13(2)3/h6-9,13,15-16H,5,10-12H2,1-4H3,(H,20,23). The minimum Gasteiger partial charge on any atom is -0.496 e. The summed E-state index contributed by atoms with van der Waals surface area (Å²) in [5.41, 5.74) is 0.996. The Labute approximate surface area is 144 Å². The van der Waals surface area contributed by atoms with Crippen LogP contribution in [-0.4, -0.2) is 43.5 Å². The van der Waals surface area contributed by atoms with Crippen molar-refractivity contribution >= 4 is 11.8 Å². The van der Waals surface area contributed by atoms with Crippen LogP contribution < -0.4 is 10.1 Å². The molecule has 0 saturated carbocycles. The highest BCUT2D eigenvalue weighted by Gasteiger charge is 2.40. The molecule has 2 unspecified atom stereocenters. The van der Waals surface area contributed by atoms with Crippen molar-refractivity contribution in [3.05, 3.63) is 29.8 Å². The van der Waals surface area contributed by atoms with Crippen LogP contribution in [0.1, 0.15) is 38.7 Å². The van der Waals surface area contributed by atoms with Crippen LogP contribution in [0.5, 0.6) is 5.75 Å². The number of methoxy groups -OCH3 is 1. The van der Waals surface area contributed by atoms with Crippen molar-refractivity contribution in [2.75, 3.05) is 26.7 Å². The lowest BCUT2D eigenvalue weighted by Gasteiger charge is -2.20. The summed E-state index contributed by atoms with van der Waals surface area (Å²) in [6, 6.07) is 7.76. The summed E-state index contributed by atoms with van der Waals surface area (Å²) in [7, 11) is 1.64. The van der Waals surface area contributed by atoms with Crippen LogP contribution in [0.3, 0.4) is 0 Å². The Balaban J connectivity index is 2.26. The molecule has 1 N–H and O–H groups in total. The van der Waals surface area contributed by atoms with Gasteiger partial charge in [-0.2, -0.15) is 0 Å². The van der Waals surface area contributed by atoms with Gasteiger partial charge < -0.3 is 15.0 Å². The van der Waals surface area contributed by atoms with E-state index in [9.17, 15) is 9.59 Å². The minimum absolute atomic E-state index is 0.0195. The smallest absolute Gasteiger partial charge is 0.225 e. The second kappa shape index (κ2) is 8.18. The number of nitrogens with one attached hydrogen (secondary N) is 1. The van der Waals surface area contributed by atoms with Gasteiger partial charge >= 0.3 is 0 Å². The number of para-hydroxylation sites is 1. The molecule has 1 aliphatic rings. The molecule has 1 aromatic rings. The highest BCUT2D eigenvalue weighted by Crippen LogP contribution is 2.37. The number of carbonyl (C=O) groups is 2. The van der Waals surface area contributed by atoms with Gasteiger partial charge in [-0.25, -0.2) is 0 Å². The molecule has 0 aromatic heterocycles. The zero-order chi connectivity index (χ0) is 17.7. The van der Waals surface area contributed by atoms with Gasteiger partial charge in [-0.05, 0) is 17.5 Å². The first-order valence-corrected chi connectivity index (χ1v) is 8.66. The van der Waals surface area contributed by atoms with Crippen LogP contribution >= 0.6 is 0 Å². The van der Waals surface area contributed by atoms with Gasteiger partial charge in [0, 0.05) is 32.0 Å². The molecule has 0 bridgehead atoms. The van der Waals surface area contributed by atoms with Crippen LogP contribution in [0, 0.1) is 11.8 Å². The molecule has 1 heterocycles. The third-order valence-electron chi connectivity index (χ3n) is 4.53. The monoisotopic (exact) mass is 332 g/mol. The molecule has 2 rings (SSSR count). The van der Waals surface area contributed by atoms with E-state index in [1.165, 1.54) is 0 Å². The van der Waals surface area contributed by atoms with Crippen molar-refractivity contribution in [1.82, 2.24) is 10.2 Å². The second-order valence-corrected chi connectivity index (χ2v) is 6.75. The minimum atomic E-state index is -0.240. The maximum atomic E-state index is 12.7. The average molecular weight is 332 g/mol. The molecular weight excluding hydrogens is 304 g/mol. The maximum absolute atomic E-state index is 12.7. The van der Waals surface area contributed by atoms with E-state index < -0.39 is 0 Å². The highest BCUT2D eigenvalue weighted by atomic mass is 16.5. The Morgan fingerprint density at radius 2 is 2.00 bits per heavy atom. The largest absolute Gasteiger partial charge is 0.496 e. The molecular formula is C19H28N2O3. The molecule has 5 nitrogen and oxygen atoms in total. The molecule has 5 heteroatoms. The van der Waals surface area contributed by atoms with Crippen molar-refractivity contribution in [2.24, 2.45) is 11.8 Å². The number of amides is 2. The summed E-state index contributed by atoms with van der Waals surface area (Å²) in [5, 5.41) is 3.02. The second-order valence-electron chi connectivity index (χ2n) is 6.75. The number of likely N-dealkylation sites (tertiary alicyclic amines) is 1. The average Bonchev–Trinajstić information content (AvgIpc) is 3.04. The SMILES string of the molecule is CCC(=O)N1CC(C(=O)NCC(C)C)C(c2ccccc2OC)C1. The molecule has 1 aliphatic heterocycles. The van der Waals surface area contributed by atoms with E-state index in [0.717, 1.165) is 11.3 Å². The van der Waals surface area contributed by atoms with Crippen molar-refractivity contribution in [2.45, 2.75) is 33.1 Å². The Morgan fingerprint density at radius 1 is 1.29 bits per heavy atom. The normalized spacial score (nSPS) is 20.3. The first-order valence-electron chi connectivity index (χ1n) is 8.66. The molecule has 1 aromatic carbocycles. The van der Waals surface area contributed by atoms with E-state index in [1.807, 2.05) is 31.2 Å². The van der Waals surface area contributed by atoms with Gasteiger partial charge in [0.05, 0.1) is 13.0 Å². The topological polar surface area (TPSA) is 58.6 Å². The molecule has 0 spiro atoms. The molecule has 0 radical (unpaired) electrons. The molecule has 24 heavy (non-hydrogen) atoms. The number of benzene rings is 1. The fourth-order valence-electron chi connectivity index (χ4n) is 3.22. The Bertz CT molecular complexity index is 586. The number of hydrogen-bond acceptors (Lipinski definition) is 3. The maximum Gasteiger partial charge on any atom is 0.225 e. The van der Waals surface area contributed by atoms with E-state index in [-0.39, 0.29) is 23.7 Å². The van der Waals surface area contributed by atoms with Gasteiger partial charge in [-0.3, -0.25) is 9.59 Å².